The number of ether oxygens (including phenoxy) is 1. The first-order valence-corrected chi connectivity index (χ1v) is 5.73. The average molecular weight is 246 g/mol. The number of aromatic nitrogens is 2. The van der Waals surface area contributed by atoms with Crippen LogP contribution in [0.25, 0.3) is 11.3 Å². The van der Waals surface area contributed by atoms with Gasteiger partial charge in [0, 0.05) is 11.1 Å². The Kier molecular flexibility index (Phi) is 3.24. The summed E-state index contributed by atoms with van der Waals surface area (Å²) in [6.45, 7) is 4.01. The number of hydrogen-bond donors (Lipinski definition) is 1. The van der Waals surface area contributed by atoms with Crippen molar-refractivity contribution in [2.75, 3.05) is 7.11 Å². The second-order valence-electron chi connectivity index (χ2n) is 3.91. The molecule has 17 heavy (non-hydrogen) atoms. The van der Waals surface area contributed by atoms with Gasteiger partial charge in [0.1, 0.15) is 10.4 Å². The van der Waals surface area contributed by atoms with Crippen molar-refractivity contribution < 1.29 is 4.74 Å². The van der Waals surface area contributed by atoms with Crippen LogP contribution < -0.4 is 4.74 Å². The number of methoxy groups -OCH3 is 1. The maximum Gasteiger partial charge on any atom is 0.132 e. The molecule has 1 aromatic carbocycles. The standard InChI is InChI=1S/C13H14N2OS/c1-8-4-5-11(16-3)10(6-8)12-9(2)13(17)15-7-14-12/h4-7H,1-3H3,(H,14,15,17). The number of rotatable bonds is 2. The summed E-state index contributed by atoms with van der Waals surface area (Å²) < 4.78 is 5.99. The Balaban J connectivity index is 2.71. The van der Waals surface area contributed by atoms with Crippen LogP contribution in [0.1, 0.15) is 11.1 Å². The summed E-state index contributed by atoms with van der Waals surface area (Å²) in [7, 11) is 1.67. The van der Waals surface area contributed by atoms with Crippen molar-refractivity contribution >= 4 is 12.2 Å². The zero-order valence-corrected chi connectivity index (χ0v) is 10.9. The summed E-state index contributed by atoms with van der Waals surface area (Å²) in [4.78, 5) is 7.20. The Bertz CT molecular complexity index is 605. The van der Waals surface area contributed by atoms with Gasteiger partial charge in [0.05, 0.1) is 19.1 Å². The molecule has 0 aliphatic heterocycles. The lowest BCUT2D eigenvalue weighted by molar-refractivity contribution is 0.416. The largest absolute Gasteiger partial charge is 0.496 e. The zero-order valence-electron chi connectivity index (χ0n) is 10.1. The lowest BCUT2D eigenvalue weighted by Gasteiger charge is -2.11. The fourth-order valence-electron chi connectivity index (χ4n) is 1.76. The van der Waals surface area contributed by atoms with Crippen molar-refractivity contribution in [2.24, 2.45) is 0 Å². The first kappa shape index (κ1) is 11.8. The van der Waals surface area contributed by atoms with Crippen LogP contribution in [-0.2, 0) is 0 Å². The summed E-state index contributed by atoms with van der Waals surface area (Å²) in [6, 6.07) is 6.06. The molecule has 1 heterocycles. The van der Waals surface area contributed by atoms with Gasteiger partial charge in [0.25, 0.3) is 0 Å². The Morgan fingerprint density at radius 3 is 2.76 bits per heavy atom. The van der Waals surface area contributed by atoms with Gasteiger partial charge in [-0.15, -0.1) is 0 Å². The molecule has 0 saturated heterocycles. The van der Waals surface area contributed by atoms with Gasteiger partial charge in [-0.1, -0.05) is 23.8 Å². The normalized spacial score (nSPS) is 10.3. The summed E-state index contributed by atoms with van der Waals surface area (Å²) >= 11 is 5.18. The third-order valence-corrected chi connectivity index (χ3v) is 3.12. The van der Waals surface area contributed by atoms with E-state index in [9.17, 15) is 0 Å². The fraction of sp³-hybridized carbons (Fsp3) is 0.231. The van der Waals surface area contributed by atoms with Crippen LogP contribution in [0.2, 0.25) is 0 Å². The number of aromatic amines is 1. The summed E-state index contributed by atoms with van der Waals surface area (Å²) in [5.41, 5.74) is 4.12. The lowest BCUT2D eigenvalue weighted by Crippen LogP contribution is -1.95. The van der Waals surface area contributed by atoms with Gasteiger partial charge < -0.3 is 9.72 Å². The van der Waals surface area contributed by atoms with Crippen LogP contribution >= 0.6 is 12.2 Å². The van der Waals surface area contributed by atoms with Gasteiger partial charge >= 0.3 is 0 Å². The van der Waals surface area contributed by atoms with E-state index in [1.54, 1.807) is 13.4 Å². The number of aryl methyl sites for hydroxylation is 1. The van der Waals surface area contributed by atoms with E-state index in [4.69, 9.17) is 17.0 Å². The van der Waals surface area contributed by atoms with Crippen LogP contribution in [0.4, 0.5) is 0 Å². The highest BCUT2D eigenvalue weighted by molar-refractivity contribution is 7.71. The van der Waals surface area contributed by atoms with E-state index in [0.29, 0.717) is 4.64 Å². The van der Waals surface area contributed by atoms with Crippen molar-refractivity contribution in [1.29, 1.82) is 0 Å². The maximum absolute atomic E-state index is 5.38. The van der Waals surface area contributed by atoms with Gasteiger partial charge in [-0.05, 0) is 26.0 Å². The van der Waals surface area contributed by atoms with Gasteiger partial charge in [0.2, 0.25) is 0 Å². The van der Waals surface area contributed by atoms with Gasteiger partial charge in [-0.3, -0.25) is 0 Å². The minimum atomic E-state index is 0.613. The molecular weight excluding hydrogens is 232 g/mol. The molecule has 1 N–H and O–H groups in total. The molecule has 0 aliphatic carbocycles. The minimum Gasteiger partial charge on any atom is -0.496 e. The number of H-pyrrole nitrogens is 1. The molecule has 88 valence electrons. The number of benzene rings is 1. The van der Waals surface area contributed by atoms with E-state index in [1.165, 1.54) is 5.56 Å². The quantitative estimate of drug-likeness (QED) is 0.825. The highest BCUT2D eigenvalue weighted by Gasteiger charge is 2.09. The predicted octanol–water partition coefficient (Wildman–Crippen LogP) is 3.43. The molecule has 0 unspecified atom stereocenters. The van der Waals surface area contributed by atoms with E-state index in [1.807, 2.05) is 26.0 Å². The van der Waals surface area contributed by atoms with E-state index >= 15 is 0 Å². The molecule has 0 atom stereocenters. The van der Waals surface area contributed by atoms with Crippen LogP contribution in [0.3, 0.4) is 0 Å². The molecule has 0 fully saturated rings. The molecule has 2 aromatic rings. The molecule has 4 heteroatoms. The Hall–Kier alpha value is -1.68. The Labute approximate surface area is 105 Å². The molecule has 0 radical (unpaired) electrons. The smallest absolute Gasteiger partial charge is 0.132 e. The molecule has 0 aliphatic rings. The first-order chi connectivity index (χ1) is 8.13. The molecule has 3 nitrogen and oxygen atoms in total. The van der Waals surface area contributed by atoms with Gasteiger partial charge in [-0.2, -0.15) is 0 Å². The molecule has 0 spiro atoms. The highest BCUT2D eigenvalue weighted by Crippen LogP contribution is 2.31. The summed E-state index contributed by atoms with van der Waals surface area (Å²) in [6.07, 6.45) is 1.62. The third-order valence-electron chi connectivity index (χ3n) is 2.71. The topological polar surface area (TPSA) is 37.9 Å². The summed E-state index contributed by atoms with van der Waals surface area (Å²) in [5.74, 6) is 0.829. The highest BCUT2D eigenvalue weighted by atomic mass is 32.1. The van der Waals surface area contributed by atoms with Crippen molar-refractivity contribution in [3.63, 3.8) is 0 Å². The van der Waals surface area contributed by atoms with Gasteiger partial charge in [0.15, 0.2) is 0 Å². The lowest BCUT2D eigenvalue weighted by atomic mass is 10.0. The van der Waals surface area contributed by atoms with Crippen LogP contribution in [-0.4, -0.2) is 17.1 Å². The fourth-order valence-corrected chi connectivity index (χ4v) is 1.92. The maximum atomic E-state index is 5.38. The second-order valence-corrected chi connectivity index (χ2v) is 4.30. The van der Waals surface area contributed by atoms with Crippen LogP contribution in [0.5, 0.6) is 5.75 Å². The van der Waals surface area contributed by atoms with E-state index < -0.39 is 0 Å². The molecule has 0 bridgehead atoms. The van der Waals surface area contributed by atoms with Crippen LogP contribution in [0, 0.1) is 18.5 Å². The van der Waals surface area contributed by atoms with E-state index in [0.717, 1.165) is 22.6 Å². The molecule has 0 amide bonds. The Morgan fingerprint density at radius 1 is 1.29 bits per heavy atom. The molecule has 1 aromatic heterocycles. The molecule has 2 rings (SSSR count). The Morgan fingerprint density at radius 2 is 2.06 bits per heavy atom. The monoisotopic (exact) mass is 246 g/mol. The number of nitrogens with zero attached hydrogens (tertiary/aromatic N) is 1. The summed E-state index contributed by atoms with van der Waals surface area (Å²) in [5, 5.41) is 0. The van der Waals surface area contributed by atoms with Crippen molar-refractivity contribution in [1.82, 2.24) is 9.97 Å². The minimum absolute atomic E-state index is 0.613. The molecular formula is C13H14N2OS. The number of nitrogens with one attached hydrogen (secondary N) is 1. The van der Waals surface area contributed by atoms with Crippen molar-refractivity contribution in [2.45, 2.75) is 13.8 Å². The molecule has 0 saturated carbocycles. The predicted molar refractivity (Wildman–Crippen MR) is 70.9 cm³/mol. The average Bonchev–Trinajstić information content (AvgIpc) is 2.33. The van der Waals surface area contributed by atoms with Crippen LogP contribution in [0.15, 0.2) is 24.5 Å². The van der Waals surface area contributed by atoms with E-state index in [-0.39, 0.29) is 0 Å². The van der Waals surface area contributed by atoms with Crippen molar-refractivity contribution in [3.8, 4) is 17.0 Å². The van der Waals surface area contributed by atoms with Gasteiger partial charge in [-0.25, -0.2) is 4.98 Å². The zero-order chi connectivity index (χ0) is 12.4. The second kappa shape index (κ2) is 4.67. The van der Waals surface area contributed by atoms with E-state index in [2.05, 4.69) is 16.0 Å². The van der Waals surface area contributed by atoms with Crippen molar-refractivity contribution in [3.05, 3.63) is 40.3 Å². The third kappa shape index (κ3) is 2.22. The number of hydrogen-bond acceptors (Lipinski definition) is 3. The first-order valence-electron chi connectivity index (χ1n) is 5.33. The SMILES string of the molecule is COc1ccc(C)cc1-c1[nH]cnc(=S)c1C.